The number of aromatic nitrogens is 1. The van der Waals surface area contributed by atoms with Crippen LogP contribution in [0.25, 0.3) is 0 Å². The third-order valence-corrected chi connectivity index (χ3v) is 6.37. The Kier molecular flexibility index (Phi) is 6.91. The van der Waals surface area contributed by atoms with Gasteiger partial charge < -0.3 is 10.6 Å². The van der Waals surface area contributed by atoms with Gasteiger partial charge in [-0.3, -0.25) is 14.7 Å². The summed E-state index contributed by atoms with van der Waals surface area (Å²) in [6.07, 6.45) is 9.97. The molecule has 2 unspecified atom stereocenters. The van der Waals surface area contributed by atoms with Gasteiger partial charge in [0.1, 0.15) is 0 Å². The van der Waals surface area contributed by atoms with Crippen LogP contribution in [0.3, 0.4) is 0 Å². The fraction of sp³-hybridized carbons (Fsp3) is 0.500. The predicted molar refractivity (Wildman–Crippen MR) is 115 cm³/mol. The molecule has 29 heavy (non-hydrogen) atoms. The molecule has 1 aromatic carbocycles. The number of nitrogens with one attached hydrogen (secondary N) is 2. The fourth-order valence-electron chi connectivity index (χ4n) is 4.84. The van der Waals surface area contributed by atoms with Crippen molar-refractivity contribution in [3.05, 3.63) is 66.0 Å². The van der Waals surface area contributed by atoms with E-state index in [1.54, 1.807) is 6.20 Å². The topological polar surface area (TPSA) is 57.3 Å². The second-order valence-corrected chi connectivity index (χ2v) is 8.33. The van der Waals surface area contributed by atoms with E-state index in [9.17, 15) is 4.79 Å². The van der Waals surface area contributed by atoms with E-state index >= 15 is 0 Å². The van der Waals surface area contributed by atoms with Crippen molar-refractivity contribution in [2.24, 2.45) is 5.92 Å². The van der Waals surface area contributed by atoms with Gasteiger partial charge in [-0.05, 0) is 36.0 Å². The molecule has 1 aliphatic heterocycles. The van der Waals surface area contributed by atoms with Crippen LogP contribution in [0.2, 0.25) is 0 Å². The van der Waals surface area contributed by atoms with Crippen molar-refractivity contribution in [2.45, 2.75) is 44.2 Å². The lowest BCUT2D eigenvalue weighted by Crippen LogP contribution is -2.50. The average Bonchev–Trinajstić information content (AvgIpc) is 2.79. The molecule has 154 valence electrons. The zero-order valence-corrected chi connectivity index (χ0v) is 17.1. The lowest BCUT2D eigenvalue weighted by Gasteiger charge is -2.37. The number of pyridine rings is 1. The largest absolute Gasteiger partial charge is 0.348 e. The van der Waals surface area contributed by atoms with Crippen LogP contribution in [0.5, 0.6) is 0 Å². The first-order valence-electron chi connectivity index (χ1n) is 11.0. The minimum absolute atomic E-state index is 0.115. The van der Waals surface area contributed by atoms with Crippen LogP contribution in [0.4, 0.5) is 0 Å². The van der Waals surface area contributed by atoms with Gasteiger partial charge in [-0.15, -0.1) is 0 Å². The normalized spacial score (nSPS) is 22.1. The fourth-order valence-corrected chi connectivity index (χ4v) is 4.84. The number of carbonyl (C=O) groups excluding carboxylic acids is 1. The zero-order valence-electron chi connectivity index (χ0n) is 17.1. The lowest BCUT2D eigenvalue weighted by molar-refractivity contribution is -0.124. The molecule has 2 aliphatic rings. The number of benzene rings is 1. The molecule has 4 rings (SSSR count). The first-order valence-corrected chi connectivity index (χ1v) is 11.0. The molecule has 0 bridgehead atoms. The van der Waals surface area contributed by atoms with E-state index in [2.05, 4.69) is 50.8 Å². The zero-order chi connectivity index (χ0) is 19.9. The molecule has 5 heteroatoms. The monoisotopic (exact) mass is 392 g/mol. The first-order chi connectivity index (χ1) is 14.3. The summed E-state index contributed by atoms with van der Waals surface area (Å²) in [5.74, 6) is 0.660. The van der Waals surface area contributed by atoms with Gasteiger partial charge in [-0.2, -0.15) is 0 Å². The third kappa shape index (κ3) is 5.22. The Balaban J connectivity index is 1.45. The minimum atomic E-state index is 0.115. The molecule has 1 amide bonds. The number of rotatable bonds is 6. The van der Waals surface area contributed by atoms with E-state index < -0.39 is 0 Å². The molecular formula is C24H32N4O. The van der Waals surface area contributed by atoms with Crippen LogP contribution in [-0.4, -0.2) is 42.0 Å². The van der Waals surface area contributed by atoms with Gasteiger partial charge in [0, 0.05) is 38.1 Å². The smallest absolute Gasteiger partial charge is 0.234 e. The van der Waals surface area contributed by atoms with Gasteiger partial charge in [-0.1, -0.05) is 55.7 Å². The van der Waals surface area contributed by atoms with Crippen molar-refractivity contribution in [2.75, 3.05) is 26.2 Å². The maximum absolute atomic E-state index is 13.1. The van der Waals surface area contributed by atoms with Gasteiger partial charge in [0.25, 0.3) is 0 Å². The first kappa shape index (κ1) is 20.0. The van der Waals surface area contributed by atoms with Gasteiger partial charge in [0.15, 0.2) is 0 Å². The highest BCUT2D eigenvalue weighted by Gasteiger charge is 2.29. The Morgan fingerprint density at radius 3 is 2.72 bits per heavy atom. The van der Waals surface area contributed by atoms with E-state index in [1.165, 1.54) is 43.2 Å². The quantitative estimate of drug-likeness (QED) is 0.790. The summed E-state index contributed by atoms with van der Waals surface area (Å²) in [5.41, 5.74) is 2.40. The standard InChI is InChI=1S/C24H32N4O/c29-23(18-28-15-14-26-17-22(28)21-12-7-13-25-16-21)27-24(19-8-3-1-4-9-19)20-10-5-2-6-11-20/h1,3-4,7-9,12-13,16,20,22,24,26H,2,5-6,10-11,14-15,17-18H2,(H,27,29). The number of hydrogen-bond acceptors (Lipinski definition) is 4. The molecule has 0 spiro atoms. The van der Waals surface area contributed by atoms with E-state index in [0.717, 1.165) is 19.6 Å². The van der Waals surface area contributed by atoms with Crippen molar-refractivity contribution in [3.8, 4) is 0 Å². The van der Waals surface area contributed by atoms with Crippen LogP contribution in [0.15, 0.2) is 54.9 Å². The average molecular weight is 393 g/mol. The molecule has 1 aromatic heterocycles. The molecule has 2 heterocycles. The summed E-state index contributed by atoms with van der Waals surface area (Å²) in [7, 11) is 0. The molecule has 2 atom stereocenters. The van der Waals surface area contributed by atoms with Crippen molar-refractivity contribution < 1.29 is 4.79 Å². The molecule has 5 nitrogen and oxygen atoms in total. The summed E-state index contributed by atoms with van der Waals surface area (Å²) < 4.78 is 0. The van der Waals surface area contributed by atoms with E-state index in [4.69, 9.17) is 0 Å². The van der Waals surface area contributed by atoms with Crippen molar-refractivity contribution >= 4 is 5.91 Å². The maximum Gasteiger partial charge on any atom is 0.234 e. The number of piperazine rings is 1. The van der Waals surface area contributed by atoms with Crippen molar-refractivity contribution in [3.63, 3.8) is 0 Å². The van der Waals surface area contributed by atoms with Crippen LogP contribution in [-0.2, 0) is 4.79 Å². The van der Waals surface area contributed by atoms with Crippen molar-refractivity contribution in [1.29, 1.82) is 0 Å². The van der Waals surface area contributed by atoms with Crippen LogP contribution in [0.1, 0.15) is 55.3 Å². The molecule has 2 fully saturated rings. The third-order valence-electron chi connectivity index (χ3n) is 6.37. The van der Waals surface area contributed by atoms with Gasteiger partial charge in [-0.25, -0.2) is 0 Å². The summed E-state index contributed by atoms with van der Waals surface area (Å²) in [4.78, 5) is 19.7. The molecule has 1 aliphatic carbocycles. The SMILES string of the molecule is O=C(CN1CCNCC1c1cccnc1)NC(c1ccccc1)C1CCCCC1. The molecule has 1 saturated heterocycles. The van der Waals surface area contributed by atoms with Crippen molar-refractivity contribution in [1.82, 2.24) is 20.5 Å². The molecule has 0 radical (unpaired) electrons. The van der Waals surface area contributed by atoms with Gasteiger partial charge in [0.05, 0.1) is 12.6 Å². The maximum atomic E-state index is 13.1. The lowest BCUT2D eigenvalue weighted by atomic mass is 9.81. The summed E-state index contributed by atoms with van der Waals surface area (Å²) in [6.45, 7) is 3.06. The Bertz CT molecular complexity index is 761. The summed E-state index contributed by atoms with van der Waals surface area (Å²) in [6, 6.07) is 14.9. The highest BCUT2D eigenvalue weighted by Crippen LogP contribution is 2.34. The Morgan fingerprint density at radius 2 is 1.97 bits per heavy atom. The van der Waals surface area contributed by atoms with E-state index in [-0.39, 0.29) is 18.0 Å². The highest BCUT2D eigenvalue weighted by atomic mass is 16.2. The van der Waals surface area contributed by atoms with E-state index in [1.807, 2.05) is 18.3 Å². The minimum Gasteiger partial charge on any atom is -0.348 e. The number of hydrogen-bond donors (Lipinski definition) is 2. The Labute approximate surface area is 173 Å². The van der Waals surface area contributed by atoms with E-state index in [0.29, 0.717) is 12.5 Å². The summed E-state index contributed by atoms with van der Waals surface area (Å²) in [5, 5.41) is 6.86. The van der Waals surface area contributed by atoms with Crippen LogP contribution >= 0.6 is 0 Å². The van der Waals surface area contributed by atoms with Crippen LogP contribution in [0, 0.1) is 5.92 Å². The number of amides is 1. The highest BCUT2D eigenvalue weighted by molar-refractivity contribution is 5.78. The summed E-state index contributed by atoms with van der Waals surface area (Å²) >= 11 is 0. The predicted octanol–water partition coefficient (Wildman–Crippen LogP) is 3.47. The number of nitrogens with zero attached hydrogens (tertiary/aromatic N) is 2. The molecule has 1 saturated carbocycles. The molecular weight excluding hydrogens is 360 g/mol. The Hall–Kier alpha value is -2.24. The number of carbonyl (C=O) groups is 1. The Morgan fingerprint density at radius 1 is 1.14 bits per heavy atom. The molecule has 2 aromatic rings. The van der Waals surface area contributed by atoms with Gasteiger partial charge >= 0.3 is 0 Å². The second kappa shape index (κ2) is 9.99. The molecule has 2 N–H and O–H groups in total. The van der Waals surface area contributed by atoms with Gasteiger partial charge in [0.2, 0.25) is 5.91 Å². The van der Waals surface area contributed by atoms with Crippen LogP contribution < -0.4 is 10.6 Å². The second-order valence-electron chi connectivity index (χ2n) is 8.33.